The van der Waals surface area contributed by atoms with E-state index in [0.29, 0.717) is 12.5 Å². The second-order valence-corrected chi connectivity index (χ2v) is 8.22. The van der Waals surface area contributed by atoms with Gasteiger partial charge in [0.25, 0.3) is 0 Å². The van der Waals surface area contributed by atoms with E-state index in [2.05, 4.69) is 29.4 Å². The first-order chi connectivity index (χ1) is 12.5. The molecule has 0 aromatic rings. The molecular formula is C20H40IN5O. The van der Waals surface area contributed by atoms with Crippen molar-refractivity contribution in [1.29, 1.82) is 0 Å². The van der Waals surface area contributed by atoms with Crippen LogP contribution >= 0.6 is 24.0 Å². The Morgan fingerprint density at radius 2 is 1.93 bits per heavy atom. The van der Waals surface area contributed by atoms with E-state index < -0.39 is 0 Å². The van der Waals surface area contributed by atoms with Crippen LogP contribution in [0, 0.1) is 11.3 Å². The lowest BCUT2D eigenvalue weighted by Crippen LogP contribution is -2.44. The first-order valence-electron chi connectivity index (χ1n) is 10.5. The van der Waals surface area contributed by atoms with E-state index in [-0.39, 0.29) is 35.3 Å². The average molecular weight is 493 g/mol. The van der Waals surface area contributed by atoms with Crippen LogP contribution < -0.4 is 10.6 Å². The van der Waals surface area contributed by atoms with Gasteiger partial charge in [-0.1, -0.05) is 19.8 Å². The van der Waals surface area contributed by atoms with Gasteiger partial charge in [0.15, 0.2) is 5.96 Å². The van der Waals surface area contributed by atoms with Crippen molar-refractivity contribution >= 4 is 35.8 Å². The lowest BCUT2D eigenvalue weighted by Gasteiger charge is -2.29. The summed E-state index contributed by atoms with van der Waals surface area (Å²) in [5.41, 5.74) is -0.295. The van der Waals surface area contributed by atoms with E-state index in [4.69, 9.17) is 4.99 Å². The van der Waals surface area contributed by atoms with E-state index >= 15 is 0 Å². The van der Waals surface area contributed by atoms with Crippen molar-refractivity contribution in [3.05, 3.63) is 0 Å². The summed E-state index contributed by atoms with van der Waals surface area (Å²) in [5.74, 6) is 1.79. The Morgan fingerprint density at radius 3 is 2.52 bits per heavy atom. The van der Waals surface area contributed by atoms with Gasteiger partial charge in [-0.3, -0.25) is 9.79 Å². The number of hydrogen-bond acceptors (Lipinski definition) is 3. The van der Waals surface area contributed by atoms with E-state index in [1.165, 1.54) is 32.5 Å². The van der Waals surface area contributed by atoms with Crippen molar-refractivity contribution in [2.24, 2.45) is 16.3 Å². The molecule has 7 heteroatoms. The molecule has 2 aliphatic rings. The highest BCUT2D eigenvalue weighted by Crippen LogP contribution is 2.39. The van der Waals surface area contributed by atoms with E-state index in [9.17, 15) is 4.79 Å². The molecule has 1 aliphatic carbocycles. The maximum absolute atomic E-state index is 12.7. The summed E-state index contributed by atoms with van der Waals surface area (Å²) in [6.07, 6.45) is 6.67. The molecule has 1 atom stereocenters. The van der Waals surface area contributed by atoms with Crippen LogP contribution in [0.5, 0.6) is 0 Å². The van der Waals surface area contributed by atoms with Crippen LogP contribution in [0.15, 0.2) is 4.99 Å². The number of rotatable bonds is 8. The topological polar surface area (TPSA) is 60.0 Å². The lowest BCUT2D eigenvalue weighted by molar-refractivity contribution is -0.138. The quantitative estimate of drug-likeness (QED) is 0.310. The van der Waals surface area contributed by atoms with Crippen LogP contribution in [-0.4, -0.2) is 75.0 Å². The van der Waals surface area contributed by atoms with Gasteiger partial charge in [0, 0.05) is 33.7 Å². The number of nitrogens with one attached hydrogen (secondary N) is 2. The molecule has 1 amide bonds. The summed E-state index contributed by atoms with van der Waals surface area (Å²) in [6.45, 7) is 10.3. The molecule has 0 bridgehead atoms. The van der Waals surface area contributed by atoms with Crippen LogP contribution in [-0.2, 0) is 4.79 Å². The third-order valence-electron chi connectivity index (χ3n) is 5.77. The van der Waals surface area contributed by atoms with Crippen molar-refractivity contribution in [2.75, 3.05) is 53.4 Å². The zero-order valence-electron chi connectivity index (χ0n) is 17.7. The number of halogens is 1. The summed E-state index contributed by atoms with van der Waals surface area (Å²) in [6, 6.07) is 0. The number of hydrogen-bond donors (Lipinski definition) is 2. The predicted octanol–water partition coefficient (Wildman–Crippen LogP) is 2.54. The zero-order valence-corrected chi connectivity index (χ0v) is 20.1. The molecule has 1 saturated heterocycles. The molecule has 0 spiro atoms. The van der Waals surface area contributed by atoms with Crippen molar-refractivity contribution < 1.29 is 4.79 Å². The molecule has 0 radical (unpaired) electrons. The van der Waals surface area contributed by atoms with E-state index in [1.54, 1.807) is 4.90 Å². The van der Waals surface area contributed by atoms with Gasteiger partial charge in [0.05, 0.1) is 12.0 Å². The molecule has 1 aliphatic heterocycles. The number of aliphatic imine (C=N–C) groups is 1. The minimum absolute atomic E-state index is 0. The molecule has 0 aromatic heterocycles. The van der Waals surface area contributed by atoms with Crippen molar-refractivity contribution in [3.8, 4) is 0 Å². The zero-order chi connectivity index (χ0) is 19.0. The summed E-state index contributed by atoms with van der Waals surface area (Å²) in [4.78, 5) is 21.8. The normalized spacial score (nSPS) is 22.4. The highest BCUT2D eigenvalue weighted by molar-refractivity contribution is 14.0. The third-order valence-corrected chi connectivity index (χ3v) is 5.77. The molecule has 1 saturated carbocycles. The minimum atomic E-state index is -0.295. The summed E-state index contributed by atoms with van der Waals surface area (Å²) in [7, 11) is 3.72. The van der Waals surface area contributed by atoms with Crippen molar-refractivity contribution in [2.45, 2.75) is 52.4 Å². The Hall–Kier alpha value is -0.570. The monoisotopic (exact) mass is 493 g/mol. The largest absolute Gasteiger partial charge is 0.357 e. The fourth-order valence-corrected chi connectivity index (χ4v) is 4.38. The lowest BCUT2D eigenvalue weighted by atomic mass is 9.85. The third kappa shape index (κ3) is 7.07. The minimum Gasteiger partial charge on any atom is -0.357 e. The molecule has 158 valence electrons. The van der Waals surface area contributed by atoms with Gasteiger partial charge in [-0.05, 0) is 51.6 Å². The number of carbonyl (C=O) groups is 1. The molecule has 2 N–H and O–H groups in total. The highest BCUT2D eigenvalue weighted by Gasteiger charge is 2.42. The molecule has 27 heavy (non-hydrogen) atoms. The number of carbonyl (C=O) groups excluding carboxylic acids is 1. The smallest absolute Gasteiger partial charge is 0.230 e. The van der Waals surface area contributed by atoms with Crippen molar-refractivity contribution in [3.63, 3.8) is 0 Å². The summed E-state index contributed by atoms with van der Waals surface area (Å²) >= 11 is 0. The molecular weight excluding hydrogens is 453 g/mol. The molecule has 1 unspecified atom stereocenters. The van der Waals surface area contributed by atoms with Gasteiger partial charge in [-0.15, -0.1) is 24.0 Å². The van der Waals surface area contributed by atoms with E-state index in [0.717, 1.165) is 44.7 Å². The number of guanidine groups is 1. The van der Waals surface area contributed by atoms with Crippen LogP contribution in [0.2, 0.25) is 0 Å². The summed E-state index contributed by atoms with van der Waals surface area (Å²) < 4.78 is 0. The standard InChI is InChI=1S/C20H39N5O.HI/c1-5-12-25-13-9-17(15-25)14-22-19(21-6-2)23-16-20(10-7-8-11-20)18(26)24(3)4;/h17H,5-16H2,1-4H3,(H2,21,22,23);1H. The molecule has 6 nitrogen and oxygen atoms in total. The fourth-order valence-electron chi connectivity index (χ4n) is 4.38. The van der Waals surface area contributed by atoms with E-state index in [1.807, 2.05) is 14.1 Å². The van der Waals surface area contributed by atoms with Gasteiger partial charge in [0.2, 0.25) is 5.91 Å². The SMILES string of the molecule is CCCN1CCC(CNC(=NCC2(C(=O)N(C)C)CCCC2)NCC)C1.I. The Morgan fingerprint density at radius 1 is 1.22 bits per heavy atom. The first kappa shape index (κ1) is 24.5. The van der Waals surface area contributed by atoms with Crippen LogP contribution in [0.4, 0.5) is 0 Å². The van der Waals surface area contributed by atoms with Crippen LogP contribution in [0.1, 0.15) is 52.4 Å². The van der Waals surface area contributed by atoms with Crippen molar-refractivity contribution in [1.82, 2.24) is 20.4 Å². The first-order valence-corrected chi connectivity index (χ1v) is 10.5. The maximum Gasteiger partial charge on any atom is 0.230 e. The van der Waals surface area contributed by atoms with Gasteiger partial charge in [-0.25, -0.2) is 0 Å². The average Bonchev–Trinajstić information content (AvgIpc) is 3.27. The van der Waals surface area contributed by atoms with Gasteiger partial charge < -0.3 is 20.4 Å². The second-order valence-electron chi connectivity index (χ2n) is 8.22. The van der Waals surface area contributed by atoms with Gasteiger partial charge >= 0.3 is 0 Å². The van der Waals surface area contributed by atoms with Crippen LogP contribution in [0.25, 0.3) is 0 Å². The maximum atomic E-state index is 12.7. The van der Waals surface area contributed by atoms with Gasteiger partial charge in [0.1, 0.15) is 0 Å². The van der Waals surface area contributed by atoms with Crippen LogP contribution in [0.3, 0.4) is 0 Å². The Bertz CT molecular complexity index is 477. The Kier molecular flexibility index (Phi) is 11.0. The second kappa shape index (κ2) is 12.1. The Labute approximate surface area is 182 Å². The summed E-state index contributed by atoms with van der Waals surface area (Å²) in [5, 5.41) is 6.87. The Balaban J connectivity index is 0.00000364. The number of nitrogens with zero attached hydrogens (tertiary/aromatic N) is 3. The molecule has 1 heterocycles. The number of amides is 1. The number of likely N-dealkylation sites (tertiary alicyclic amines) is 1. The molecule has 2 fully saturated rings. The van der Waals surface area contributed by atoms with Gasteiger partial charge in [-0.2, -0.15) is 0 Å². The predicted molar refractivity (Wildman–Crippen MR) is 124 cm³/mol. The molecule has 2 rings (SSSR count). The molecule has 0 aromatic carbocycles. The highest BCUT2D eigenvalue weighted by atomic mass is 127. The fraction of sp³-hybridized carbons (Fsp3) is 0.900.